The van der Waals surface area contributed by atoms with Crippen LogP contribution in [0.5, 0.6) is 0 Å². The lowest BCUT2D eigenvalue weighted by Crippen LogP contribution is -2.43. The molecule has 0 radical (unpaired) electrons. The van der Waals surface area contributed by atoms with E-state index < -0.39 is 17.9 Å². The fourth-order valence-corrected chi connectivity index (χ4v) is 3.58. The van der Waals surface area contributed by atoms with E-state index in [1.807, 2.05) is 6.92 Å². The highest BCUT2D eigenvalue weighted by Gasteiger charge is 2.40. The van der Waals surface area contributed by atoms with Crippen molar-refractivity contribution in [1.29, 1.82) is 0 Å². The monoisotopic (exact) mass is 389 g/mol. The molecule has 1 amide bonds. The molecule has 1 N–H and O–H groups in total. The standard InChI is InChI=1S/C13H12BrNO4S2/c1-2-3-8(12(17)18)15-11(16)9(21-13(15)20)6-7-4-5-10(14)19-7/h4-6,8H,2-3H2,1H3,(H,17,18)/b9-6+/t8-/m0/s1. The summed E-state index contributed by atoms with van der Waals surface area (Å²) >= 11 is 9.42. The van der Waals surface area contributed by atoms with Crippen molar-refractivity contribution in [2.45, 2.75) is 25.8 Å². The van der Waals surface area contributed by atoms with Crippen LogP contribution < -0.4 is 0 Å². The molecular weight excluding hydrogens is 378 g/mol. The lowest BCUT2D eigenvalue weighted by molar-refractivity contribution is -0.145. The maximum Gasteiger partial charge on any atom is 0.326 e. The quantitative estimate of drug-likeness (QED) is 0.613. The van der Waals surface area contributed by atoms with E-state index in [4.69, 9.17) is 16.6 Å². The molecule has 21 heavy (non-hydrogen) atoms. The van der Waals surface area contributed by atoms with Crippen molar-refractivity contribution >= 4 is 62.2 Å². The van der Waals surface area contributed by atoms with Crippen LogP contribution in [0.25, 0.3) is 6.08 Å². The van der Waals surface area contributed by atoms with Crippen LogP contribution in [0.4, 0.5) is 0 Å². The molecule has 0 bridgehead atoms. The summed E-state index contributed by atoms with van der Waals surface area (Å²) in [6, 6.07) is 2.50. The molecule has 0 aromatic carbocycles. The number of thiocarbonyl (C=S) groups is 1. The first-order valence-corrected chi connectivity index (χ1v) is 8.21. The fourth-order valence-electron chi connectivity index (χ4n) is 1.92. The number of furan rings is 1. The second-order valence-corrected chi connectivity index (χ2v) is 6.79. The first-order valence-electron chi connectivity index (χ1n) is 6.19. The van der Waals surface area contributed by atoms with E-state index in [1.54, 1.807) is 18.2 Å². The van der Waals surface area contributed by atoms with Crippen molar-refractivity contribution in [2.24, 2.45) is 0 Å². The van der Waals surface area contributed by atoms with E-state index in [9.17, 15) is 14.7 Å². The Bertz CT molecular complexity index is 625. The maximum atomic E-state index is 12.4. The minimum atomic E-state index is -1.05. The Labute approximate surface area is 139 Å². The summed E-state index contributed by atoms with van der Waals surface area (Å²) < 4.78 is 6.13. The molecule has 8 heteroatoms. The number of amides is 1. The fraction of sp³-hybridized carbons (Fsp3) is 0.308. The lowest BCUT2D eigenvalue weighted by Gasteiger charge is -2.22. The Morgan fingerprint density at radius 3 is 2.86 bits per heavy atom. The molecule has 0 unspecified atom stereocenters. The van der Waals surface area contributed by atoms with Crippen LogP contribution in [0.3, 0.4) is 0 Å². The van der Waals surface area contributed by atoms with Gasteiger partial charge in [-0.2, -0.15) is 0 Å². The highest BCUT2D eigenvalue weighted by Crippen LogP contribution is 2.35. The van der Waals surface area contributed by atoms with Crippen LogP contribution >= 0.6 is 39.9 Å². The highest BCUT2D eigenvalue weighted by molar-refractivity contribution is 9.10. The Balaban J connectivity index is 2.27. The molecule has 1 aliphatic heterocycles. The van der Waals surface area contributed by atoms with Gasteiger partial charge in [-0.1, -0.05) is 37.3 Å². The number of carbonyl (C=O) groups is 2. The highest BCUT2D eigenvalue weighted by atomic mass is 79.9. The van der Waals surface area contributed by atoms with Crippen molar-refractivity contribution < 1.29 is 19.1 Å². The minimum absolute atomic E-state index is 0.262. The largest absolute Gasteiger partial charge is 0.480 e. The number of nitrogens with zero attached hydrogens (tertiary/aromatic N) is 1. The second-order valence-electron chi connectivity index (χ2n) is 4.34. The maximum absolute atomic E-state index is 12.4. The van der Waals surface area contributed by atoms with Crippen LogP contribution in [-0.4, -0.2) is 32.2 Å². The van der Waals surface area contributed by atoms with E-state index in [2.05, 4.69) is 15.9 Å². The van der Waals surface area contributed by atoms with Gasteiger partial charge in [0.25, 0.3) is 5.91 Å². The molecule has 1 aromatic heterocycles. The first kappa shape index (κ1) is 16.3. The van der Waals surface area contributed by atoms with Crippen LogP contribution in [0.15, 0.2) is 26.1 Å². The molecule has 0 saturated carbocycles. The van der Waals surface area contributed by atoms with Gasteiger partial charge in [0.15, 0.2) is 4.67 Å². The normalized spacial score (nSPS) is 18.6. The Hall–Kier alpha value is -1.12. The van der Waals surface area contributed by atoms with E-state index in [0.29, 0.717) is 28.2 Å². The molecule has 2 rings (SSSR count). The second kappa shape index (κ2) is 6.76. The van der Waals surface area contributed by atoms with Crippen molar-refractivity contribution in [1.82, 2.24) is 4.90 Å². The Morgan fingerprint density at radius 2 is 2.33 bits per heavy atom. The number of halogens is 1. The zero-order chi connectivity index (χ0) is 15.6. The van der Waals surface area contributed by atoms with E-state index >= 15 is 0 Å². The summed E-state index contributed by atoms with van der Waals surface area (Å²) in [5.41, 5.74) is 0. The predicted molar refractivity (Wildman–Crippen MR) is 87.8 cm³/mol. The number of thioether (sulfide) groups is 1. The van der Waals surface area contributed by atoms with E-state index in [-0.39, 0.29) is 4.32 Å². The summed E-state index contributed by atoms with van der Waals surface area (Å²) in [5, 5.41) is 9.27. The Morgan fingerprint density at radius 1 is 1.62 bits per heavy atom. The first-order chi connectivity index (χ1) is 9.93. The Kier molecular flexibility index (Phi) is 5.23. The number of rotatable bonds is 5. The minimum Gasteiger partial charge on any atom is -0.480 e. The van der Waals surface area contributed by atoms with Gasteiger partial charge in [0.2, 0.25) is 0 Å². The number of hydrogen-bond acceptors (Lipinski definition) is 5. The number of carbonyl (C=O) groups excluding carboxylic acids is 1. The van der Waals surface area contributed by atoms with Crippen LogP contribution in [0.1, 0.15) is 25.5 Å². The van der Waals surface area contributed by atoms with Gasteiger partial charge in [0.05, 0.1) is 4.91 Å². The van der Waals surface area contributed by atoms with Crippen molar-refractivity contribution in [3.63, 3.8) is 0 Å². The van der Waals surface area contributed by atoms with Gasteiger partial charge in [-0.05, 0) is 34.5 Å². The molecule has 1 atom stereocenters. The molecule has 0 aliphatic carbocycles. The summed E-state index contributed by atoms with van der Waals surface area (Å²) in [4.78, 5) is 25.3. The van der Waals surface area contributed by atoms with Crippen LogP contribution in [0.2, 0.25) is 0 Å². The smallest absolute Gasteiger partial charge is 0.326 e. The van der Waals surface area contributed by atoms with Crippen LogP contribution in [0, 0.1) is 0 Å². The number of hydrogen-bond donors (Lipinski definition) is 1. The molecule has 1 fully saturated rings. The summed E-state index contributed by atoms with van der Waals surface area (Å²) in [7, 11) is 0. The third-order valence-electron chi connectivity index (χ3n) is 2.85. The zero-order valence-corrected chi connectivity index (χ0v) is 14.3. The van der Waals surface area contributed by atoms with Crippen molar-refractivity contribution in [3.05, 3.63) is 27.5 Å². The third kappa shape index (κ3) is 3.56. The van der Waals surface area contributed by atoms with Gasteiger partial charge in [0, 0.05) is 6.08 Å². The third-order valence-corrected chi connectivity index (χ3v) is 4.61. The molecule has 1 aliphatic rings. The average molecular weight is 390 g/mol. The molecular formula is C13H12BrNO4S2. The number of aliphatic carboxylic acids is 1. The van der Waals surface area contributed by atoms with Crippen molar-refractivity contribution in [2.75, 3.05) is 0 Å². The predicted octanol–water partition coefficient (Wildman–Crippen LogP) is 3.50. The van der Waals surface area contributed by atoms with Gasteiger partial charge in [-0.15, -0.1) is 0 Å². The van der Waals surface area contributed by atoms with Gasteiger partial charge in [-0.3, -0.25) is 9.69 Å². The molecule has 0 spiro atoms. The van der Waals surface area contributed by atoms with Gasteiger partial charge in [0.1, 0.15) is 16.1 Å². The summed E-state index contributed by atoms with van der Waals surface area (Å²) in [6.45, 7) is 1.86. The van der Waals surface area contributed by atoms with Crippen LogP contribution in [-0.2, 0) is 9.59 Å². The summed E-state index contributed by atoms with van der Waals surface area (Å²) in [5.74, 6) is -0.932. The molecule has 1 aromatic rings. The number of carboxylic acid groups (broad SMARTS) is 1. The molecule has 2 heterocycles. The van der Waals surface area contributed by atoms with Gasteiger partial charge < -0.3 is 9.52 Å². The van der Waals surface area contributed by atoms with Crippen molar-refractivity contribution in [3.8, 4) is 0 Å². The molecule has 5 nitrogen and oxygen atoms in total. The SMILES string of the molecule is CCC[C@@H](C(=O)O)N1C(=O)/C(=C\c2ccc(Br)o2)SC1=S. The van der Waals surface area contributed by atoms with E-state index in [0.717, 1.165) is 11.8 Å². The summed E-state index contributed by atoms with van der Waals surface area (Å²) in [6.07, 6.45) is 2.58. The zero-order valence-electron chi connectivity index (χ0n) is 11.0. The van der Waals surface area contributed by atoms with Gasteiger partial charge >= 0.3 is 5.97 Å². The van der Waals surface area contributed by atoms with Gasteiger partial charge in [-0.25, -0.2) is 4.79 Å². The molecule has 112 valence electrons. The average Bonchev–Trinajstić information content (AvgIpc) is 2.93. The lowest BCUT2D eigenvalue weighted by atomic mass is 10.1. The topological polar surface area (TPSA) is 70.8 Å². The molecule has 1 saturated heterocycles. The van der Waals surface area contributed by atoms with E-state index in [1.165, 1.54) is 4.90 Å². The number of carboxylic acids is 1.